The van der Waals surface area contributed by atoms with Crippen molar-refractivity contribution >= 4 is 0 Å². The van der Waals surface area contributed by atoms with E-state index >= 15 is 0 Å². The Hall–Kier alpha value is -1.72. The molecule has 1 aliphatic rings. The lowest BCUT2D eigenvalue weighted by Gasteiger charge is -2.47. The molecule has 0 spiro atoms. The molecule has 0 aliphatic carbocycles. The molecule has 1 N–H and O–H groups in total. The topological polar surface area (TPSA) is 47.9 Å². The fourth-order valence-corrected chi connectivity index (χ4v) is 4.13. The summed E-state index contributed by atoms with van der Waals surface area (Å²) in [6, 6.07) is 20.2. The van der Waals surface area contributed by atoms with Gasteiger partial charge in [0.1, 0.15) is 17.8 Å². The Kier molecular flexibility index (Phi) is 8.88. The number of rotatable bonds is 11. The second kappa shape index (κ2) is 11.6. The van der Waals surface area contributed by atoms with Crippen molar-refractivity contribution in [1.82, 2.24) is 0 Å². The van der Waals surface area contributed by atoms with Crippen molar-refractivity contribution in [3.05, 3.63) is 71.8 Å². The normalized spacial score (nSPS) is 26.6. The van der Waals surface area contributed by atoms with Crippen LogP contribution in [0, 0.1) is 0 Å². The number of benzene rings is 2. The SMILES string of the molecule is CCCCCC[C@@]1(O)C(C)OCC(OCc2ccccc2)[C@H]1OCc1ccccc1. The number of unbranched alkanes of at least 4 members (excludes halogenated alkanes) is 3. The Morgan fingerprint density at radius 1 is 0.900 bits per heavy atom. The smallest absolute Gasteiger partial charge is 0.119 e. The maximum Gasteiger partial charge on any atom is 0.119 e. The lowest BCUT2D eigenvalue weighted by atomic mass is 9.81. The Morgan fingerprint density at radius 2 is 1.50 bits per heavy atom. The van der Waals surface area contributed by atoms with Crippen LogP contribution in [0.5, 0.6) is 0 Å². The molecule has 2 aromatic rings. The summed E-state index contributed by atoms with van der Waals surface area (Å²) in [5, 5.41) is 11.7. The van der Waals surface area contributed by atoms with E-state index in [0.29, 0.717) is 26.2 Å². The Labute approximate surface area is 181 Å². The highest BCUT2D eigenvalue weighted by Crippen LogP contribution is 2.35. The molecule has 30 heavy (non-hydrogen) atoms. The van der Waals surface area contributed by atoms with E-state index in [-0.39, 0.29) is 12.2 Å². The molecule has 164 valence electrons. The molecule has 4 heteroatoms. The lowest BCUT2D eigenvalue weighted by molar-refractivity contribution is -0.267. The van der Waals surface area contributed by atoms with Crippen LogP contribution in [0.1, 0.15) is 57.1 Å². The molecule has 1 aliphatic heterocycles. The number of aliphatic hydroxyl groups is 1. The highest BCUT2D eigenvalue weighted by atomic mass is 16.6. The molecule has 0 amide bonds. The van der Waals surface area contributed by atoms with Gasteiger partial charge >= 0.3 is 0 Å². The second-order valence-corrected chi connectivity index (χ2v) is 8.33. The van der Waals surface area contributed by atoms with Crippen LogP contribution < -0.4 is 0 Å². The molecule has 0 radical (unpaired) electrons. The molecule has 4 atom stereocenters. The van der Waals surface area contributed by atoms with Gasteiger partial charge in [-0.1, -0.05) is 93.3 Å². The first kappa shape index (κ1) is 23.0. The molecule has 0 bridgehead atoms. The van der Waals surface area contributed by atoms with Crippen molar-refractivity contribution < 1.29 is 19.3 Å². The van der Waals surface area contributed by atoms with Crippen LogP contribution in [0.4, 0.5) is 0 Å². The predicted octanol–water partition coefficient (Wildman–Crippen LogP) is 5.28. The maximum atomic E-state index is 11.7. The summed E-state index contributed by atoms with van der Waals surface area (Å²) in [6.45, 7) is 5.48. The highest BCUT2D eigenvalue weighted by molar-refractivity contribution is 5.15. The molecule has 4 nitrogen and oxygen atoms in total. The van der Waals surface area contributed by atoms with Gasteiger partial charge in [-0.2, -0.15) is 0 Å². The fourth-order valence-electron chi connectivity index (χ4n) is 4.13. The van der Waals surface area contributed by atoms with Crippen LogP contribution in [0.25, 0.3) is 0 Å². The first-order chi connectivity index (χ1) is 14.6. The summed E-state index contributed by atoms with van der Waals surface area (Å²) in [7, 11) is 0. The van der Waals surface area contributed by atoms with Crippen LogP contribution in [-0.4, -0.2) is 35.6 Å². The third-order valence-corrected chi connectivity index (χ3v) is 6.05. The zero-order valence-corrected chi connectivity index (χ0v) is 18.3. The summed E-state index contributed by atoms with van der Waals surface area (Å²) < 4.78 is 18.6. The van der Waals surface area contributed by atoms with Crippen LogP contribution in [0.15, 0.2) is 60.7 Å². The van der Waals surface area contributed by atoms with Crippen molar-refractivity contribution in [3.63, 3.8) is 0 Å². The Morgan fingerprint density at radius 3 is 2.10 bits per heavy atom. The van der Waals surface area contributed by atoms with Crippen LogP contribution in [0.2, 0.25) is 0 Å². The number of hydrogen-bond acceptors (Lipinski definition) is 4. The third-order valence-electron chi connectivity index (χ3n) is 6.05. The van der Waals surface area contributed by atoms with E-state index < -0.39 is 11.7 Å². The van der Waals surface area contributed by atoms with Gasteiger partial charge in [-0.25, -0.2) is 0 Å². The number of ether oxygens (including phenoxy) is 3. The number of hydrogen-bond donors (Lipinski definition) is 1. The minimum Gasteiger partial charge on any atom is -0.384 e. The molecule has 0 aromatic heterocycles. The second-order valence-electron chi connectivity index (χ2n) is 8.33. The third kappa shape index (κ3) is 6.14. The highest BCUT2D eigenvalue weighted by Gasteiger charge is 2.51. The summed E-state index contributed by atoms with van der Waals surface area (Å²) >= 11 is 0. The van der Waals surface area contributed by atoms with E-state index in [1.54, 1.807) is 0 Å². The molecule has 1 fully saturated rings. The molecule has 1 heterocycles. The van der Waals surface area contributed by atoms with Crippen molar-refractivity contribution in [2.45, 2.75) is 83.1 Å². The van der Waals surface area contributed by atoms with E-state index in [1.165, 1.54) is 12.8 Å². The van der Waals surface area contributed by atoms with E-state index in [1.807, 2.05) is 67.6 Å². The molecule has 0 saturated carbocycles. The van der Waals surface area contributed by atoms with Crippen molar-refractivity contribution in [3.8, 4) is 0 Å². The summed E-state index contributed by atoms with van der Waals surface area (Å²) in [6.07, 6.45) is 4.00. The molecular formula is C26H36O4. The summed E-state index contributed by atoms with van der Waals surface area (Å²) in [5.41, 5.74) is 1.12. The van der Waals surface area contributed by atoms with Crippen molar-refractivity contribution in [2.24, 2.45) is 0 Å². The summed E-state index contributed by atoms with van der Waals surface area (Å²) in [4.78, 5) is 0. The van der Waals surface area contributed by atoms with E-state index in [2.05, 4.69) is 6.92 Å². The van der Waals surface area contributed by atoms with Gasteiger partial charge < -0.3 is 19.3 Å². The molecular weight excluding hydrogens is 376 g/mol. The Bertz CT molecular complexity index is 720. The fraction of sp³-hybridized carbons (Fsp3) is 0.538. The molecule has 2 aromatic carbocycles. The van der Waals surface area contributed by atoms with Crippen LogP contribution >= 0.6 is 0 Å². The largest absolute Gasteiger partial charge is 0.384 e. The lowest BCUT2D eigenvalue weighted by Crippen LogP contribution is -2.63. The average molecular weight is 413 g/mol. The average Bonchev–Trinajstić information content (AvgIpc) is 2.78. The molecule has 1 saturated heterocycles. The zero-order valence-electron chi connectivity index (χ0n) is 18.3. The van der Waals surface area contributed by atoms with Crippen LogP contribution in [-0.2, 0) is 27.4 Å². The van der Waals surface area contributed by atoms with E-state index in [9.17, 15) is 5.11 Å². The van der Waals surface area contributed by atoms with Gasteiger partial charge in [0.25, 0.3) is 0 Å². The van der Waals surface area contributed by atoms with E-state index in [4.69, 9.17) is 14.2 Å². The zero-order chi connectivity index (χ0) is 21.2. The minimum absolute atomic E-state index is 0.295. The van der Waals surface area contributed by atoms with Crippen LogP contribution in [0.3, 0.4) is 0 Å². The van der Waals surface area contributed by atoms with Gasteiger partial charge in [0.2, 0.25) is 0 Å². The quantitative estimate of drug-likeness (QED) is 0.510. The first-order valence-corrected chi connectivity index (χ1v) is 11.3. The van der Waals surface area contributed by atoms with Crippen molar-refractivity contribution in [1.29, 1.82) is 0 Å². The Balaban J connectivity index is 1.72. The molecule has 3 rings (SSSR count). The predicted molar refractivity (Wildman–Crippen MR) is 119 cm³/mol. The van der Waals surface area contributed by atoms with E-state index in [0.717, 1.165) is 24.0 Å². The monoisotopic (exact) mass is 412 g/mol. The van der Waals surface area contributed by atoms with Gasteiger partial charge in [-0.05, 0) is 24.5 Å². The first-order valence-electron chi connectivity index (χ1n) is 11.3. The maximum absolute atomic E-state index is 11.7. The van der Waals surface area contributed by atoms with Gasteiger partial charge in [-0.15, -0.1) is 0 Å². The molecule has 2 unspecified atom stereocenters. The summed E-state index contributed by atoms with van der Waals surface area (Å²) in [5.74, 6) is 0. The van der Waals surface area contributed by atoms with Crippen molar-refractivity contribution in [2.75, 3.05) is 6.61 Å². The standard InChI is InChI=1S/C26H36O4/c1-3-4-5-12-17-26(27)21(2)28-20-24(29-18-22-13-8-6-9-14-22)25(26)30-19-23-15-10-7-11-16-23/h6-11,13-16,21,24-25,27H,3-5,12,17-20H2,1-2H3/t21?,24?,25-,26-/m1/s1. The minimum atomic E-state index is -1.07. The van der Waals surface area contributed by atoms with Gasteiger partial charge in [0.05, 0.1) is 25.9 Å². The van der Waals surface area contributed by atoms with Gasteiger partial charge in [0, 0.05) is 0 Å². The van der Waals surface area contributed by atoms with Gasteiger partial charge in [0.15, 0.2) is 0 Å². The van der Waals surface area contributed by atoms with Gasteiger partial charge in [-0.3, -0.25) is 0 Å².